The number of piperidine rings is 1. The third kappa shape index (κ3) is 5.70. The van der Waals surface area contributed by atoms with Crippen LogP contribution in [0.4, 0.5) is 0 Å². The summed E-state index contributed by atoms with van der Waals surface area (Å²) in [5.74, 6) is 2.84. The van der Waals surface area contributed by atoms with Crippen molar-refractivity contribution >= 4 is 11.8 Å². The zero-order valence-electron chi connectivity index (χ0n) is 20.6. The molecule has 5 heteroatoms. The number of fused-ring (bicyclic) bond motifs is 1. The highest BCUT2D eigenvalue weighted by Gasteiger charge is 2.38. The molecule has 1 saturated heterocycles. The second-order valence-corrected chi connectivity index (χ2v) is 12.0. The summed E-state index contributed by atoms with van der Waals surface area (Å²) in [6, 6.07) is 14.2. The highest BCUT2D eigenvalue weighted by molar-refractivity contribution is 7.99. The maximum atomic E-state index is 9.98. The lowest BCUT2D eigenvalue weighted by Gasteiger charge is -2.46. The van der Waals surface area contributed by atoms with Gasteiger partial charge in [0, 0.05) is 36.7 Å². The van der Waals surface area contributed by atoms with Gasteiger partial charge in [0.25, 0.3) is 0 Å². The highest BCUT2D eigenvalue weighted by Crippen LogP contribution is 2.40. The van der Waals surface area contributed by atoms with Crippen molar-refractivity contribution in [1.29, 1.82) is 0 Å². The number of aromatic hydroxyl groups is 2. The number of likely N-dealkylation sites (tertiary alicyclic amines) is 1. The zero-order chi connectivity index (χ0) is 23.6. The Morgan fingerprint density at radius 3 is 2.64 bits per heavy atom. The molecule has 180 valence electrons. The summed E-state index contributed by atoms with van der Waals surface area (Å²) in [5.41, 5.74) is 4.04. The molecule has 0 unspecified atom stereocenters. The summed E-state index contributed by atoms with van der Waals surface area (Å²) >= 11 is 2.01. The quantitative estimate of drug-likeness (QED) is 0.523. The summed E-state index contributed by atoms with van der Waals surface area (Å²) in [6.45, 7) is 13.7. The fourth-order valence-electron chi connectivity index (χ4n) is 5.43. The average Bonchev–Trinajstić information content (AvgIpc) is 2.78. The molecule has 2 aromatic rings. The van der Waals surface area contributed by atoms with Crippen LogP contribution in [0.3, 0.4) is 0 Å². The second kappa shape index (κ2) is 10.3. The normalized spacial score (nSPS) is 26.8. The minimum atomic E-state index is 0.108. The average molecular weight is 469 g/mol. The van der Waals surface area contributed by atoms with Gasteiger partial charge in [-0.25, -0.2) is 0 Å². The Balaban J connectivity index is 1.32. The van der Waals surface area contributed by atoms with Crippen LogP contribution in [0.1, 0.15) is 50.8 Å². The number of nitrogens with zero attached hydrogens (tertiary/aromatic N) is 1. The van der Waals surface area contributed by atoms with Gasteiger partial charge < -0.3 is 20.4 Å². The zero-order valence-corrected chi connectivity index (χ0v) is 21.4. The van der Waals surface area contributed by atoms with Crippen LogP contribution in [0.15, 0.2) is 42.5 Å². The molecule has 0 bridgehead atoms. The van der Waals surface area contributed by atoms with Crippen molar-refractivity contribution in [3.05, 3.63) is 59.2 Å². The smallest absolute Gasteiger partial charge is 0.115 e. The van der Waals surface area contributed by atoms with Crippen LogP contribution < -0.4 is 5.32 Å². The number of phenolic OH excluding ortho intramolecular Hbond substituents is 2. The molecule has 2 aliphatic rings. The minimum absolute atomic E-state index is 0.108. The van der Waals surface area contributed by atoms with Crippen molar-refractivity contribution < 1.29 is 10.2 Å². The monoisotopic (exact) mass is 468 g/mol. The molecular weight excluding hydrogens is 428 g/mol. The van der Waals surface area contributed by atoms with E-state index in [9.17, 15) is 10.2 Å². The van der Waals surface area contributed by atoms with E-state index in [1.807, 2.05) is 36.0 Å². The molecule has 4 nitrogen and oxygen atoms in total. The standard InChI is InChI=1S/C28H40N2O2S/c1-19(2)27(29-15-26-13-21-8-9-25(32)12-22(21)18-33-26)17-30-11-10-28(4,20(3)16-30)23-6-5-7-24(31)14-23/h5-9,12,14,19-20,26-27,29,31-32H,10-11,13,15-18H2,1-4H3/t20-,26+,27+,28+/m0/s1. The summed E-state index contributed by atoms with van der Waals surface area (Å²) in [4.78, 5) is 2.64. The molecule has 2 heterocycles. The Labute approximate surface area is 203 Å². The van der Waals surface area contributed by atoms with Crippen molar-refractivity contribution in [3.63, 3.8) is 0 Å². The van der Waals surface area contributed by atoms with E-state index in [1.54, 1.807) is 6.07 Å². The summed E-state index contributed by atoms with van der Waals surface area (Å²) in [7, 11) is 0. The number of rotatable bonds is 7. The van der Waals surface area contributed by atoms with Crippen molar-refractivity contribution in [2.45, 2.75) is 63.0 Å². The lowest BCUT2D eigenvalue weighted by molar-refractivity contribution is 0.0958. The van der Waals surface area contributed by atoms with Crippen molar-refractivity contribution in [2.75, 3.05) is 26.2 Å². The fraction of sp³-hybridized carbons (Fsp3) is 0.571. The topological polar surface area (TPSA) is 55.7 Å². The molecule has 4 atom stereocenters. The van der Waals surface area contributed by atoms with Gasteiger partial charge >= 0.3 is 0 Å². The molecule has 2 aliphatic heterocycles. The molecule has 0 aromatic heterocycles. The summed E-state index contributed by atoms with van der Waals surface area (Å²) < 4.78 is 0. The maximum absolute atomic E-state index is 9.98. The third-order valence-corrected chi connectivity index (χ3v) is 9.33. The van der Waals surface area contributed by atoms with Gasteiger partial charge in [0.15, 0.2) is 0 Å². The molecule has 0 amide bonds. The molecular formula is C28H40N2O2S. The van der Waals surface area contributed by atoms with Crippen LogP contribution in [-0.2, 0) is 17.6 Å². The first-order valence-corrected chi connectivity index (χ1v) is 13.5. The first-order valence-electron chi connectivity index (χ1n) is 12.4. The molecule has 2 aromatic carbocycles. The summed E-state index contributed by atoms with van der Waals surface area (Å²) in [6.07, 6.45) is 2.19. The van der Waals surface area contributed by atoms with E-state index in [0.29, 0.717) is 34.6 Å². The van der Waals surface area contributed by atoms with E-state index in [-0.39, 0.29) is 5.41 Å². The van der Waals surface area contributed by atoms with Crippen LogP contribution in [-0.4, -0.2) is 52.6 Å². The molecule has 0 aliphatic carbocycles. The van der Waals surface area contributed by atoms with E-state index in [1.165, 1.54) is 16.7 Å². The SMILES string of the molecule is CC(C)[C@@H](CN1CC[C@@](C)(c2cccc(O)c2)[C@@H](C)C1)NC[C@H]1Cc2ccc(O)cc2CS1. The van der Waals surface area contributed by atoms with Gasteiger partial charge in [0.2, 0.25) is 0 Å². The predicted molar refractivity (Wildman–Crippen MR) is 139 cm³/mol. The van der Waals surface area contributed by atoms with Crippen LogP contribution >= 0.6 is 11.8 Å². The number of nitrogens with one attached hydrogen (secondary N) is 1. The Morgan fingerprint density at radius 2 is 1.91 bits per heavy atom. The number of hydrogen-bond acceptors (Lipinski definition) is 5. The van der Waals surface area contributed by atoms with Crippen LogP contribution in [0.25, 0.3) is 0 Å². The van der Waals surface area contributed by atoms with Crippen molar-refractivity contribution in [3.8, 4) is 11.5 Å². The van der Waals surface area contributed by atoms with Gasteiger partial charge in [-0.05, 0) is 77.6 Å². The van der Waals surface area contributed by atoms with Crippen molar-refractivity contribution in [2.24, 2.45) is 11.8 Å². The van der Waals surface area contributed by atoms with Crippen LogP contribution in [0, 0.1) is 11.8 Å². The van der Waals surface area contributed by atoms with E-state index < -0.39 is 0 Å². The molecule has 0 spiro atoms. The van der Waals surface area contributed by atoms with Gasteiger partial charge in [0.05, 0.1) is 0 Å². The fourth-order valence-corrected chi connectivity index (χ4v) is 6.63. The van der Waals surface area contributed by atoms with E-state index >= 15 is 0 Å². The first kappa shape index (κ1) is 24.4. The van der Waals surface area contributed by atoms with Crippen molar-refractivity contribution in [1.82, 2.24) is 10.2 Å². The number of hydrogen-bond donors (Lipinski definition) is 3. The van der Waals surface area contributed by atoms with Gasteiger partial charge in [-0.3, -0.25) is 0 Å². The molecule has 0 radical (unpaired) electrons. The largest absolute Gasteiger partial charge is 0.508 e. The van der Waals surface area contributed by atoms with Gasteiger partial charge in [-0.1, -0.05) is 45.9 Å². The lowest BCUT2D eigenvalue weighted by atomic mass is 9.68. The molecule has 4 rings (SSSR count). The number of phenols is 2. The van der Waals surface area contributed by atoms with Gasteiger partial charge in [-0.15, -0.1) is 0 Å². The summed E-state index contributed by atoms with van der Waals surface area (Å²) in [5, 5.41) is 24.2. The van der Waals surface area contributed by atoms with Crippen LogP contribution in [0.2, 0.25) is 0 Å². The number of benzene rings is 2. The van der Waals surface area contributed by atoms with E-state index in [0.717, 1.165) is 44.8 Å². The number of thioether (sulfide) groups is 1. The third-order valence-electron chi connectivity index (χ3n) is 8.05. The molecule has 3 N–H and O–H groups in total. The van der Waals surface area contributed by atoms with Crippen LogP contribution in [0.5, 0.6) is 11.5 Å². The molecule has 33 heavy (non-hydrogen) atoms. The lowest BCUT2D eigenvalue weighted by Crippen LogP contribution is -2.53. The Morgan fingerprint density at radius 1 is 1.12 bits per heavy atom. The molecule has 0 saturated carbocycles. The second-order valence-electron chi connectivity index (χ2n) is 10.7. The Hall–Kier alpha value is -1.69. The van der Waals surface area contributed by atoms with Gasteiger partial charge in [-0.2, -0.15) is 11.8 Å². The predicted octanol–water partition coefficient (Wildman–Crippen LogP) is 5.17. The van der Waals surface area contributed by atoms with E-state index in [2.05, 4.69) is 50.0 Å². The minimum Gasteiger partial charge on any atom is -0.508 e. The van der Waals surface area contributed by atoms with Gasteiger partial charge in [0.1, 0.15) is 11.5 Å². The Bertz CT molecular complexity index is 949. The maximum Gasteiger partial charge on any atom is 0.115 e. The highest BCUT2D eigenvalue weighted by atomic mass is 32.2. The Kier molecular flexibility index (Phi) is 7.62. The van der Waals surface area contributed by atoms with E-state index in [4.69, 9.17) is 0 Å². The molecule has 1 fully saturated rings. The first-order chi connectivity index (χ1) is 15.7.